The van der Waals surface area contributed by atoms with Crippen LogP contribution in [0.1, 0.15) is 0 Å². The topological polar surface area (TPSA) is 56.2 Å². The van der Waals surface area contributed by atoms with E-state index in [9.17, 15) is 0 Å². The molecule has 0 saturated carbocycles. The zero-order chi connectivity index (χ0) is 21.9. The van der Waals surface area contributed by atoms with Gasteiger partial charge in [-0.3, -0.25) is 4.40 Å². The summed E-state index contributed by atoms with van der Waals surface area (Å²) in [5.74, 6) is 0.766. The molecule has 0 amide bonds. The predicted octanol–water partition coefficient (Wildman–Crippen LogP) is 7.27. The molecule has 7 rings (SSSR count). The fourth-order valence-corrected chi connectivity index (χ4v) is 4.93. The Hall–Kier alpha value is -4.03. The second kappa shape index (κ2) is 6.98. The van der Waals surface area contributed by atoms with Crippen LogP contribution >= 0.6 is 15.9 Å². The Bertz CT molecular complexity index is 1850. The molecule has 0 saturated heterocycles. The average molecular weight is 491 g/mol. The number of aromatic nitrogens is 4. The van der Waals surface area contributed by atoms with Crippen molar-refractivity contribution in [2.45, 2.75) is 0 Å². The zero-order valence-corrected chi connectivity index (χ0v) is 18.8. The van der Waals surface area contributed by atoms with E-state index in [1.54, 1.807) is 0 Å². The second-order valence-corrected chi connectivity index (χ2v) is 8.78. The molecular weight excluding hydrogens is 476 g/mol. The highest BCUT2D eigenvalue weighted by molar-refractivity contribution is 9.10. The SMILES string of the molecule is Brc1ccccc1-c1nnc2c(-c3ccc4c(c3)oc3ccccc34)nc3ccccc3n12. The van der Waals surface area contributed by atoms with Gasteiger partial charge in [-0.2, -0.15) is 0 Å². The molecule has 0 atom stereocenters. The standard InChI is InChI=1S/C27H15BrN4O/c28-20-9-3-1-8-19(20)26-30-31-27-25(29-21-10-4-5-11-22(21)32(26)27)16-13-14-18-17-7-2-6-12-23(17)33-24(18)15-16/h1-15H. The number of hydrogen-bond donors (Lipinski definition) is 0. The number of halogens is 1. The van der Waals surface area contributed by atoms with Crippen LogP contribution in [0.3, 0.4) is 0 Å². The van der Waals surface area contributed by atoms with Crippen molar-refractivity contribution in [2.24, 2.45) is 0 Å². The van der Waals surface area contributed by atoms with E-state index in [-0.39, 0.29) is 0 Å². The van der Waals surface area contributed by atoms with Gasteiger partial charge < -0.3 is 4.42 Å². The fourth-order valence-electron chi connectivity index (χ4n) is 4.47. The molecule has 0 fully saturated rings. The molecule has 3 heterocycles. The molecule has 0 radical (unpaired) electrons. The summed E-state index contributed by atoms with van der Waals surface area (Å²) in [5.41, 5.74) is 6.90. The third kappa shape index (κ3) is 2.74. The minimum atomic E-state index is 0.704. The first-order chi connectivity index (χ1) is 16.3. The Morgan fingerprint density at radius 2 is 1.52 bits per heavy atom. The van der Waals surface area contributed by atoms with Gasteiger partial charge in [-0.05, 0) is 36.4 Å². The number of benzene rings is 4. The van der Waals surface area contributed by atoms with Gasteiger partial charge in [0.15, 0.2) is 11.5 Å². The summed E-state index contributed by atoms with van der Waals surface area (Å²) in [6, 6.07) is 30.4. The van der Waals surface area contributed by atoms with E-state index in [0.29, 0.717) is 5.65 Å². The molecule has 0 spiro atoms. The van der Waals surface area contributed by atoms with Crippen molar-refractivity contribution in [2.75, 3.05) is 0 Å². The lowest BCUT2D eigenvalue weighted by molar-refractivity contribution is 0.669. The third-order valence-corrected chi connectivity index (χ3v) is 6.69. The number of fused-ring (bicyclic) bond motifs is 6. The second-order valence-electron chi connectivity index (χ2n) is 7.92. The summed E-state index contributed by atoms with van der Waals surface area (Å²) < 4.78 is 9.17. The number of nitrogens with zero attached hydrogens (tertiary/aromatic N) is 4. The van der Waals surface area contributed by atoms with Gasteiger partial charge in [0.25, 0.3) is 0 Å². The Morgan fingerprint density at radius 3 is 2.45 bits per heavy atom. The molecular formula is C27H15BrN4O. The number of para-hydroxylation sites is 3. The maximum absolute atomic E-state index is 6.13. The van der Waals surface area contributed by atoms with Gasteiger partial charge in [0, 0.05) is 26.4 Å². The highest BCUT2D eigenvalue weighted by Gasteiger charge is 2.19. The Labute approximate surface area is 196 Å². The molecule has 0 bridgehead atoms. The molecule has 0 aliphatic rings. The summed E-state index contributed by atoms with van der Waals surface area (Å²) >= 11 is 3.67. The Kier molecular flexibility index (Phi) is 3.92. The van der Waals surface area contributed by atoms with Crippen LogP contribution in [-0.4, -0.2) is 19.6 Å². The van der Waals surface area contributed by atoms with Crippen molar-refractivity contribution in [3.8, 4) is 22.6 Å². The van der Waals surface area contributed by atoms with E-state index >= 15 is 0 Å². The Morgan fingerprint density at radius 1 is 0.727 bits per heavy atom. The molecule has 3 aromatic heterocycles. The molecule has 0 aliphatic heterocycles. The molecule has 6 heteroatoms. The maximum atomic E-state index is 6.13. The van der Waals surface area contributed by atoms with Crippen LogP contribution in [0.5, 0.6) is 0 Å². The molecule has 0 aliphatic carbocycles. The summed E-state index contributed by atoms with van der Waals surface area (Å²) in [7, 11) is 0. The van der Waals surface area contributed by atoms with Crippen molar-refractivity contribution < 1.29 is 4.42 Å². The lowest BCUT2D eigenvalue weighted by Crippen LogP contribution is -1.98. The van der Waals surface area contributed by atoms with Crippen molar-refractivity contribution in [3.63, 3.8) is 0 Å². The normalized spacial score (nSPS) is 11.8. The van der Waals surface area contributed by atoms with Gasteiger partial charge in [0.2, 0.25) is 0 Å². The van der Waals surface area contributed by atoms with E-state index in [0.717, 1.165) is 60.1 Å². The smallest absolute Gasteiger partial charge is 0.188 e. The van der Waals surface area contributed by atoms with Gasteiger partial charge in [0.1, 0.15) is 16.9 Å². The first-order valence-electron chi connectivity index (χ1n) is 10.6. The minimum Gasteiger partial charge on any atom is -0.456 e. The summed E-state index contributed by atoms with van der Waals surface area (Å²) in [4.78, 5) is 4.99. The van der Waals surface area contributed by atoms with Crippen LogP contribution in [0.25, 0.3) is 61.3 Å². The fraction of sp³-hybridized carbons (Fsp3) is 0. The number of furan rings is 1. The van der Waals surface area contributed by atoms with Gasteiger partial charge in [-0.15, -0.1) is 10.2 Å². The quantitative estimate of drug-likeness (QED) is 0.255. The monoisotopic (exact) mass is 490 g/mol. The molecule has 0 N–H and O–H groups in total. The van der Waals surface area contributed by atoms with Crippen LogP contribution < -0.4 is 0 Å². The first-order valence-corrected chi connectivity index (χ1v) is 11.4. The maximum Gasteiger partial charge on any atom is 0.188 e. The van der Waals surface area contributed by atoms with Crippen LogP contribution in [0.15, 0.2) is 99.9 Å². The van der Waals surface area contributed by atoms with Crippen molar-refractivity contribution >= 4 is 54.5 Å². The van der Waals surface area contributed by atoms with Crippen LogP contribution in [0.2, 0.25) is 0 Å². The van der Waals surface area contributed by atoms with Gasteiger partial charge >= 0.3 is 0 Å². The van der Waals surface area contributed by atoms with Gasteiger partial charge in [0.05, 0.1) is 11.0 Å². The first kappa shape index (κ1) is 18.5. The summed E-state index contributed by atoms with van der Waals surface area (Å²) in [6.07, 6.45) is 0. The molecule has 156 valence electrons. The van der Waals surface area contributed by atoms with Crippen molar-refractivity contribution in [1.82, 2.24) is 19.6 Å². The highest BCUT2D eigenvalue weighted by atomic mass is 79.9. The minimum absolute atomic E-state index is 0.704. The lowest BCUT2D eigenvalue weighted by atomic mass is 10.1. The van der Waals surface area contributed by atoms with Gasteiger partial charge in [-0.1, -0.05) is 70.5 Å². The van der Waals surface area contributed by atoms with E-state index in [1.165, 1.54) is 0 Å². The molecule has 4 aromatic carbocycles. The summed E-state index contributed by atoms with van der Waals surface area (Å²) in [5, 5.41) is 11.4. The Balaban J connectivity index is 1.55. The lowest BCUT2D eigenvalue weighted by Gasteiger charge is -2.09. The average Bonchev–Trinajstić information content (AvgIpc) is 3.45. The predicted molar refractivity (Wildman–Crippen MR) is 134 cm³/mol. The van der Waals surface area contributed by atoms with Crippen molar-refractivity contribution in [3.05, 3.63) is 95.5 Å². The van der Waals surface area contributed by atoms with E-state index in [1.807, 2.05) is 72.8 Å². The zero-order valence-electron chi connectivity index (χ0n) is 17.2. The third-order valence-electron chi connectivity index (χ3n) is 6.00. The molecule has 33 heavy (non-hydrogen) atoms. The van der Waals surface area contributed by atoms with E-state index < -0.39 is 0 Å². The van der Waals surface area contributed by atoms with Crippen LogP contribution in [0, 0.1) is 0 Å². The molecule has 0 unspecified atom stereocenters. The van der Waals surface area contributed by atoms with Gasteiger partial charge in [-0.25, -0.2) is 4.98 Å². The number of hydrogen-bond acceptors (Lipinski definition) is 4. The van der Waals surface area contributed by atoms with E-state index in [4.69, 9.17) is 9.40 Å². The number of rotatable bonds is 2. The largest absolute Gasteiger partial charge is 0.456 e. The summed E-state index contributed by atoms with van der Waals surface area (Å²) in [6.45, 7) is 0. The highest BCUT2D eigenvalue weighted by Crippen LogP contribution is 2.35. The van der Waals surface area contributed by atoms with Crippen LogP contribution in [0.4, 0.5) is 0 Å². The molecule has 7 aromatic rings. The molecule has 5 nitrogen and oxygen atoms in total. The van der Waals surface area contributed by atoms with E-state index in [2.05, 4.69) is 48.7 Å². The van der Waals surface area contributed by atoms with Crippen molar-refractivity contribution in [1.29, 1.82) is 0 Å². The van der Waals surface area contributed by atoms with Crippen LogP contribution in [-0.2, 0) is 0 Å².